The Morgan fingerprint density at radius 3 is 2.47 bits per heavy atom. The molecule has 1 rings (SSSR count). The minimum absolute atomic E-state index is 0.0620. The Morgan fingerprint density at radius 1 is 1.35 bits per heavy atom. The van der Waals surface area contributed by atoms with Crippen molar-refractivity contribution in [3.8, 4) is 0 Å². The van der Waals surface area contributed by atoms with Gasteiger partial charge in [0.2, 0.25) is 0 Å². The van der Waals surface area contributed by atoms with Crippen LogP contribution in [0.4, 0.5) is 0 Å². The monoisotopic (exact) mass is 237 g/mol. The molecule has 0 amide bonds. The number of nitrogens with one attached hydrogen (secondary N) is 1. The normalized spacial score (nSPS) is 12.2. The van der Waals surface area contributed by atoms with Crippen molar-refractivity contribution in [2.75, 3.05) is 7.11 Å². The lowest BCUT2D eigenvalue weighted by atomic mass is 10.1. The molecule has 2 N–H and O–H groups in total. The Bertz CT molecular complexity index is 348. The SMILES string of the molecule is COC(=O)CC(C)NCc1ccc(CO)cc1. The van der Waals surface area contributed by atoms with Gasteiger partial charge in [-0.25, -0.2) is 0 Å². The Labute approximate surface area is 102 Å². The molecule has 0 aromatic heterocycles. The molecule has 0 heterocycles. The minimum Gasteiger partial charge on any atom is -0.469 e. The van der Waals surface area contributed by atoms with Crippen LogP contribution in [-0.4, -0.2) is 24.2 Å². The fraction of sp³-hybridized carbons (Fsp3) is 0.462. The molecule has 0 saturated carbocycles. The van der Waals surface area contributed by atoms with Gasteiger partial charge >= 0.3 is 5.97 Å². The second-order valence-corrected chi connectivity index (χ2v) is 4.04. The summed E-state index contributed by atoms with van der Waals surface area (Å²) in [6, 6.07) is 7.79. The van der Waals surface area contributed by atoms with Gasteiger partial charge in [0.25, 0.3) is 0 Å². The van der Waals surface area contributed by atoms with Crippen molar-refractivity contribution in [1.82, 2.24) is 5.32 Å². The summed E-state index contributed by atoms with van der Waals surface area (Å²) >= 11 is 0. The predicted octanol–water partition coefficient (Wildman–Crippen LogP) is 1.22. The summed E-state index contributed by atoms with van der Waals surface area (Å²) in [6.07, 6.45) is 0.366. The van der Waals surface area contributed by atoms with E-state index in [1.54, 1.807) is 0 Å². The molecule has 0 aliphatic rings. The van der Waals surface area contributed by atoms with Crippen LogP contribution < -0.4 is 5.32 Å². The quantitative estimate of drug-likeness (QED) is 0.730. The number of methoxy groups -OCH3 is 1. The van der Waals surface area contributed by atoms with Crippen molar-refractivity contribution < 1.29 is 14.6 Å². The summed E-state index contributed by atoms with van der Waals surface area (Å²) in [4.78, 5) is 11.0. The van der Waals surface area contributed by atoms with Gasteiger partial charge in [-0.3, -0.25) is 4.79 Å². The molecule has 4 nitrogen and oxygen atoms in total. The van der Waals surface area contributed by atoms with E-state index in [1.807, 2.05) is 31.2 Å². The van der Waals surface area contributed by atoms with Gasteiger partial charge in [0.1, 0.15) is 0 Å². The van der Waals surface area contributed by atoms with Gasteiger partial charge in [-0.15, -0.1) is 0 Å². The third-order valence-corrected chi connectivity index (χ3v) is 2.56. The molecule has 17 heavy (non-hydrogen) atoms. The fourth-order valence-corrected chi connectivity index (χ4v) is 1.46. The average Bonchev–Trinajstić information content (AvgIpc) is 2.36. The van der Waals surface area contributed by atoms with Crippen molar-refractivity contribution in [2.45, 2.75) is 32.5 Å². The first kappa shape index (κ1) is 13.7. The van der Waals surface area contributed by atoms with Gasteiger partial charge in [0.15, 0.2) is 0 Å². The lowest BCUT2D eigenvalue weighted by Crippen LogP contribution is -2.28. The lowest BCUT2D eigenvalue weighted by Gasteiger charge is -2.12. The van der Waals surface area contributed by atoms with Crippen LogP contribution in [0.1, 0.15) is 24.5 Å². The zero-order valence-electron chi connectivity index (χ0n) is 10.3. The highest BCUT2D eigenvalue weighted by molar-refractivity contribution is 5.69. The summed E-state index contributed by atoms with van der Waals surface area (Å²) in [5.41, 5.74) is 2.02. The van der Waals surface area contributed by atoms with Crippen LogP contribution >= 0.6 is 0 Å². The molecule has 0 aliphatic carbocycles. The maximum Gasteiger partial charge on any atom is 0.307 e. The van der Waals surface area contributed by atoms with Crippen LogP contribution in [0, 0.1) is 0 Å². The second-order valence-electron chi connectivity index (χ2n) is 4.04. The maximum atomic E-state index is 11.0. The molecular weight excluding hydrogens is 218 g/mol. The number of esters is 1. The fourth-order valence-electron chi connectivity index (χ4n) is 1.46. The predicted molar refractivity (Wildman–Crippen MR) is 65.3 cm³/mol. The molecule has 0 saturated heterocycles. The smallest absolute Gasteiger partial charge is 0.307 e. The minimum atomic E-state index is -0.208. The van der Waals surface area contributed by atoms with E-state index in [9.17, 15) is 4.79 Å². The van der Waals surface area contributed by atoms with Crippen LogP contribution in [0.5, 0.6) is 0 Å². The van der Waals surface area contributed by atoms with E-state index < -0.39 is 0 Å². The largest absolute Gasteiger partial charge is 0.469 e. The molecule has 0 bridgehead atoms. The van der Waals surface area contributed by atoms with E-state index >= 15 is 0 Å². The second kappa shape index (κ2) is 7.04. The number of ether oxygens (including phenoxy) is 1. The van der Waals surface area contributed by atoms with Crippen molar-refractivity contribution in [2.24, 2.45) is 0 Å². The highest BCUT2D eigenvalue weighted by Gasteiger charge is 2.08. The number of hydrogen-bond donors (Lipinski definition) is 2. The maximum absolute atomic E-state index is 11.0. The standard InChI is InChI=1S/C13H19NO3/c1-10(7-13(16)17-2)14-8-11-3-5-12(9-15)6-4-11/h3-6,10,14-15H,7-9H2,1-2H3. The van der Waals surface area contributed by atoms with E-state index in [2.05, 4.69) is 10.1 Å². The Kier molecular flexibility index (Phi) is 5.66. The van der Waals surface area contributed by atoms with Crippen LogP contribution in [0.2, 0.25) is 0 Å². The highest BCUT2D eigenvalue weighted by atomic mass is 16.5. The third-order valence-electron chi connectivity index (χ3n) is 2.56. The number of aliphatic hydroxyl groups excluding tert-OH is 1. The summed E-state index contributed by atoms with van der Waals surface area (Å²) < 4.78 is 4.60. The molecule has 1 aromatic carbocycles. The summed E-state index contributed by atoms with van der Waals surface area (Å²) in [7, 11) is 1.39. The summed E-state index contributed by atoms with van der Waals surface area (Å²) in [5.74, 6) is -0.208. The number of rotatable bonds is 6. The Hall–Kier alpha value is -1.39. The van der Waals surface area contributed by atoms with Gasteiger partial charge in [-0.2, -0.15) is 0 Å². The molecule has 4 heteroatoms. The topological polar surface area (TPSA) is 58.6 Å². The molecule has 1 atom stereocenters. The Balaban J connectivity index is 2.36. The van der Waals surface area contributed by atoms with Crippen LogP contribution in [0.25, 0.3) is 0 Å². The van der Waals surface area contributed by atoms with Crippen LogP contribution in [0.3, 0.4) is 0 Å². The third kappa shape index (κ3) is 4.97. The lowest BCUT2D eigenvalue weighted by molar-refractivity contribution is -0.141. The zero-order valence-corrected chi connectivity index (χ0v) is 10.3. The highest BCUT2D eigenvalue weighted by Crippen LogP contribution is 2.05. The van der Waals surface area contributed by atoms with Crippen molar-refractivity contribution in [3.05, 3.63) is 35.4 Å². The molecule has 0 fully saturated rings. The van der Waals surface area contributed by atoms with Gasteiger partial charge in [-0.05, 0) is 18.1 Å². The molecule has 0 aliphatic heterocycles. The number of benzene rings is 1. The van der Waals surface area contributed by atoms with Gasteiger partial charge in [-0.1, -0.05) is 24.3 Å². The first-order chi connectivity index (χ1) is 8.15. The summed E-state index contributed by atoms with van der Waals surface area (Å²) in [6.45, 7) is 2.70. The van der Waals surface area contributed by atoms with Crippen LogP contribution in [0.15, 0.2) is 24.3 Å². The van der Waals surface area contributed by atoms with Crippen molar-refractivity contribution >= 4 is 5.97 Å². The van der Waals surface area contributed by atoms with Gasteiger partial charge < -0.3 is 15.2 Å². The number of carbonyl (C=O) groups is 1. The molecule has 0 radical (unpaired) electrons. The first-order valence-electron chi connectivity index (χ1n) is 5.64. The summed E-state index contributed by atoms with van der Waals surface area (Å²) in [5, 5.41) is 12.1. The molecule has 1 aromatic rings. The van der Waals surface area contributed by atoms with Crippen molar-refractivity contribution in [1.29, 1.82) is 0 Å². The molecule has 0 spiro atoms. The average molecular weight is 237 g/mol. The van der Waals surface area contributed by atoms with Crippen LogP contribution in [-0.2, 0) is 22.7 Å². The Morgan fingerprint density at radius 2 is 1.94 bits per heavy atom. The van der Waals surface area contributed by atoms with Gasteiger partial charge in [0.05, 0.1) is 20.1 Å². The first-order valence-corrected chi connectivity index (χ1v) is 5.64. The van der Waals surface area contributed by atoms with E-state index in [1.165, 1.54) is 7.11 Å². The molecular formula is C13H19NO3. The van der Waals surface area contributed by atoms with E-state index in [0.29, 0.717) is 13.0 Å². The zero-order chi connectivity index (χ0) is 12.7. The number of aliphatic hydroxyl groups is 1. The van der Waals surface area contributed by atoms with Crippen molar-refractivity contribution in [3.63, 3.8) is 0 Å². The van der Waals surface area contributed by atoms with E-state index in [-0.39, 0.29) is 18.6 Å². The number of hydrogen-bond acceptors (Lipinski definition) is 4. The van der Waals surface area contributed by atoms with E-state index in [4.69, 9.17) is 5.11 Å². The van der Waals surface area contributed by atoms with Gasteiger partial charge in [0, 0.05) is 12.6 Å². The van der Waals surface area contributed by atoms with E-state index in [0.717, 1.165) is 11.1 Å². The number of carbonyl (C=O) groups excluding carboxylic acids is 1. The molecule has 94 valence electrons. The molecule has 1 unspecified atom stereocenters.